The summed E-state index contributed by atoms with van der Waals surface area (Å²) in [6, 6.07) is 1.93. The van der Waals surface area contributed by atoms with Crippen molar-refractivity contribution in [1.82, 2.24) is 5.32 Å². The third kappa shape index (κ3) is 4.75. The van der Waals surface area contributed by atoms with Crippen LogP contribution in [0.2, 0.25) is 0 Å². The number of carbonyl (C=O) groups is 1. The number of amides is 1. The van der Waals surface area contributed by atoms with Gasteiger partial charge >= 0.3 is 0 Å². The average molecular weight is 288 g/mol. The van der Waals surface area contributed by atoms with Gasteiger partial charge < -0.3 is 20.5 Å². The van der Waals surface area contributed by atoms with E-state index < -0.39 is 29.9 Å². The summed E-state index contributed by atoms with van der Waals surface area (Å²) in [5, 5.41) is 2.56. The van der Waals surface area contributed by atoms with Crippen molar-refractivity contribution in [3.63, 3.8) is 0 Å². The van der Waals surface area contributed by atoms with Gasteiger partial charge in [-0.1, -0.05) is 0 Å². The Bertz CT molecular complexity index is 446. The highest BCUT2D eigenvalue weighted by atomic mass is 19.1. The predicted molar refractivity (Wildman–Crippen MR) is 69.2 cm³/mol. The van der Waals surface area contributed by atoms with Crippen molar-refractivity contribution in [1.29, 1.82) is 0 Å². The molecule has 0 aromatic heterocycles. The van der Waals surface area contributed by atoms with Gasteiger partial charge in [0.15, 0.2) is 24.0 Å². The lowest BCUT2D eigenvalue weighted by molar-refractivity contribution is -0.124. The molecule has 1 aromatic carbocycles. The molecule has 1 amide bonds. The second kappa shape index (κ2) is 7.76. The first kappa shape index (κ1) is 16.3. The summed E-state index contributed by atoms with van der Waals surface area (Å²) >= 11 is 0. The number of ether oxygens (including phenoxy) is 2. The van der Waals surface area contributed by atoms with Crippen LogP contribution in [0.5, 0.6) is 5.75 Å². The SMILES string of the molecule is COCC(C)NC(=O)COc1c(F)cc(CN)cc1F. The number of nitrogens with two attached hydrogens (primary N) is 1. The zero-order valence-corrected chi connectivity index (χ0v) is 11.4. The van der Waals surface area contributed by atoms with Crippen LogP contribution in [-0.2, 0) is 16.1 Å². The summed E-state index contributed by atoms with van der Waals surface area (Å²) in [5.74, 6) is -2.85. The molecule has 1 unspecified atom stereocenters. The molecule has 5 nitrogen and oxygen atoms in total. The van der Waals surface area contributed by atoms with E-state index >= 15 is 0 Å². The lowest BCUT2D eigenvalue weighted by Crippen LogP contribution is -2.38. The van der Waals surface area contributed by atoms with Crippen molar-refractivity contribution in [3.8, 4) is 5.75 Å². The number of halogens is 2. The number of benzene rings is 1. The van der Waals surface area contributed by atoms with Crippen LogP contribution in [0.3, 0.4) is 0 Å². The highest BCUT2D eigenvalue weighted by Crippen LogP contribution is 2.23. The maximum absolute atomic E-state index is 13.6. The Hall–Kier alpha value is -1.73. The summed E-state index contributed by atoms with van der Waals surface area (Å²) in [7, 11) is 1.50. The minimum absolute atomic E-state index is 0.0170. The molecule has 0 bridgehead atoms. The fraction of sp³-hybridized carbons (Fsp3) is 0.462. The van der Waals surface area contributed by atoms with Crippen LogP contribution >= 0.6 is 0 Å². The number of carbonyl (C=O) groups excluding carboxylic acids is 1. The number of nitrogens with one attached hydrogen (secondary N) is 1. The Morgan fingerprint density at radius 3 is 2.50 bits per heavy atom. The average Bonchev–Trinajstić information content (AvgIpc) is 2.37. The normalized spacial score (nSPS) is 12.1. The van der Waals surface area contributed by atoms with Gasteiger partial charge in [-0.15, -0.1) is 0 Å². The van der Waals surface area contributed by atoms with E-state index in [-0.39, 0.29) is 12.6 Å². The number of hydrogen-bond acceptors (Lipinski definition) is 4. The van der Waals surface area contributed by atoms with Crippen molar-refractivity contribution in [2.24, 2.45) is 5.73 Å². The van der Waals surface area contributed by atoms with Crippen LogP contribution in [0, 0.1) is 11.6 Å². The van der Waals surface area contributed by atoms with Crippen LogP contribution in [-0.4, -0.2) is 32.3 Å². The van der Waals surface area contributed by atoms with Gasteiger partial charge in [-0.3, -0.25) is 4.79 Å². The van der Waals surface area contributed by atoms with Gasteiger partial charge in [0.05, 0.1) is 6.61 Å². The van der Waals surface area contributed by atoms with Gasteiger partial charge in [0.25, 0.3) is 5.91 Å². The summed E-state index contributed by atoms with van der Waals surface area (Å²) < 4.78 is 36.8. The van der Waals surface area contributed by atoms with Crippen molar-refractivity contribution in [2.75, 3.05) is 20.3 Å². The summed E-state index contributed by atoms with van der Waals surface area (Å²) in [6.45, 7) is 1.60. The van der Waals surface area contributed by atoms with Crippen molar-refractivity contribution in [2.45, 2.75) is 19.5 Å². The van der Waals surface area contributed by atoms with Crippen molar-refractivity contribution < 1.29 is 23.0 Å². The van der Waals surface area contributed by atoms with Crippen molar-refractivity contribution in [3.05, 3.63) is 29.3 Å². The van der Waals surface area contributed by atoms with E-state index in [1.807, 2.05) is 0 Å². The minimum atomic E-state index is -0.886. The fourth-order valence-electron chi connectivity index (χ4n) is 1.61. The summed E-state index contributed by atoms with van der Waals surface area (Å²) in [5.41, 5.74) is 5.60. The molecule has 1 aromatic rings. The van der Waals surface area contributed by atoms with Gasteiger partial charge in [0, 0.05) is 19.7 Å². The standard InChI is InChI=1S/C13H18F2N2O3/c1-8(6-19-2)17-12(18)7-20-13-10(14)3-9(5-16)4-11(13)15/h3-4,8H,5-7,16H2,1-2H3,(H,17,18). The van der Waals surface area contributed by atoms with Crippen LogP contribution in [0.15, 0.2) is 12.1 Å². The van der Waals surface area contributed by atoms with Crippen molar-refractivity contribution >= 4 is 5.91 Å². The third-order valence-corrected chi connectivity index (χ3v) is 2.47. The van der Waals surface area contributed by atoms with E-state index in [4.69, 9.17) is 15.2 Å². The Kier molecular flexibility index (Phi) is 6.33. The second-order valence-corrected chi connectivity index (χ2v) is 4.31. The molecule has 1 atom stereocenters. The molecule has 0 saturated heterocycles. The maximum atomic E-state index is 13.6. The number of hydrogen-bond donors (Lipinski definition) is 2. The number of methoxy groups -OCH3 is 1. The van der Waals surface area contributed by atoms with E-state index in [0.717, 1.165) is 12.1 Å². The molecule has 3 N–H and O–H groups in total. The zero-order valence-electron chi connectivity index (χ0n) is 11.4. The van der Waals surface area contributed by atoms with E-state index in [1.54, 1.807) is 6.92 Å². The maximum Gasteiger partial charge on any atom is 0.258 e. The summed E-state index contributed by atoms with van der Waals surface area (Å²) in [6.07, 6.45) is 0. The van der Waals surface area contributed by atoms with Crippen LogP contribution in [0.4, 0.5) is 8.78 Å². The van der Waals surface area contributed by atoms with Gasteiger partial charge in [-0.2, -0.15) is 0 Å². The van der Waals surface area contributed by atoms with Gasteiger partial charge in [0.1, 0.15) is 0 Å². The molecule has 0 saturated carbocycles. The number of rotatable bonds is 7. The van der Waals surface area contributed by atoms with Crippen LogP contribution in [0.1, 0.15) is 12.5 Å². The Morgan fingerprint density at radius 2 is 2.00 bits per heavy atom. The highest BCUT2D eigenvalue weighted by Gasteiger charge is 2.14. The lowest BCUT2D eigenvalue weighted by Gasteiger charge is -2.14. The van der Waals surface area contributed by atoms with E-state index in [9.17, 15) is 13.6 Å². The lowest BCUT2D eigenvalue weighted by atomic mass is 10.2. The molecule has 0 aliphatic rings. The molecule has 7 heteroatoms. The van der Waals surface area contributed by atoms with Crippen LogP contribution < -0.4 is 15.8 Å². The third-order valence-electron chi connectivity index (χ3n) is 2.47. The molecule has 20 heavy (non-hydrogen) atoms. The van der Waals surface area contributed by atoms with Crippen LogP contribution in [0.25, 0.3) is 0 Å². The monoisotopic (exact) mass is 288 g/mol. The predicted octanol–water partition coefficient (Wildman–Crippen LogP) is 0.953. The molecule has 0 heterocycles. The Labute approximate surface area is 116 Å². The first-order valence-electron chi connectivity index (χ1n) is 6.07. The van der Waals surface area contributed by atoms with E-state index in [2.05, 4.69) is 5.32 Å². The highest BCUT2D eigenvalue weighted by molar-refractivity contribution is 5.77. The molecule has 0 spiro atoms. The first-order valence-corrected chi connectivity index (χ1v) is 6.07. The zero-order chi connectivity index (χ0) is 15.1. The quantitative estimate of drug-likeness (QED) is 0.783. The molecular weight excluding hydrogens is 270 g/mol. The molecule has 0 aliphatic heterocycles. The smallest absolute Gasteiger partial charge is 0.258 e. The molecular formula is C13H18F2N2O3. The van der Waals surface area contributed by atoms with E-state index in [0.29, 0.717) is 12.2 Å². The minimum Gasteiger partial charge on any atom is -0.478 e. The fourth-order valence-corrected chi connectivity index (χ4v) is 1.61. The first-order chi connectivity index (χ1) is 9.47. The van der Waals surface area contributed by atoms with Gasteiger partial charge in [-0.25, -0.2) is 8.78 Å². The molecule has 1 rings (SSSR count). The Morgan fingerprint density at radius 1 is 1.40 bits per heavy atom. The summed E-state index contributed by atoms with van der Waals surface area (Å²) in [4.78, 5) is 11.5. The molecule has 0 aliphatic carbocycles. The van der Waals surface area contributed by atoms with E-state index in [1.165, 1.54) is 7.11 Å². The Balaban J connectivity index is 2.59. The molecule has 112 valence electrons. The van der Waals surface area contributed by atoms with Gasteiger partial charge in [0.2, 0.25) is 0 Å². The molecule has 0 fully saturated rings. The van der Waals surface area contributed by atoms with Gasteiger partial charge in [-0.05, 0) is 24.6 Å². The molecule has 0 radical (unpaired) electrons. The second-order valence-electron chi connectivity index (χ2n) is 4.31. The topological polar surface area (TPSA) is 73.6 Å². The largest absolute Gasteiger partial charge is 0.478 e.